The van der Waals surface area contributed by atoms with Crippen molar-refractivity contribution in [1.82, 2.24) is 10.2 Å². The van der Waals surface area contributed by atoms with E-state index in [0.717, 1.165) is 25.3 Å². The monoisotopic (exact) mass is 212 g/mol. The Morgan fingerprint density at radius 1 is 1.47 bits per heavy atom. The summed E-state index contributed by atoms with van der Waals surface area (Å²) in [6.07, 6.45) is 6.21. The molecule has 0 aliphatic carbocycles. The van der Waals surface area contributed by atoms with E-state index in [0.29, 0.717) is 6.61 Å². The van der Waals surface area contributed by atoms with Crippen LogP contribution in [0, 0.1) is 5.92 Å². The van der Waals surface area contributed by atoms with Crippen molar-refractivity contribution in [2.45, 2.75) is 37.6 Å². The lowest BCUT2D eigenvalue weighted by molar-refractivity contribution is 0.118. The molecule has 0 aromatic rings. The van der Waals surface area contributed by atoms with E-state index in [4.69, 9.17) is 0 Å². The average molecular weight is 212 g/mol. The maximum atomic E-state index is 9.54. The molecule has 2 atom stereocenters. The molecule has 2 rings (SSSR count). The number of likely N-dealkylation sites (tertiary alicyclic amines) is 1. The van der Waals surface area contributed by atoms with Gasteiger partial charge in [0, 0.05) is 12.1 Å². The third-order valence-corrected chi connectivity index (χ3v) is 4.04. The highest BCUT2D eigenvalue weighted by Crippen LogP contribution is 2.30. The summed E-state index contributed by atoms with van der Waals surface area (Å²) >= 11 is 0. The van der Waals surface area contributed by atoms with Crippen LogP contribution < -0.4 is 5.32 Å². The molecule has 0 saturated carbocycles. The molecule has 2 fully saturated rings. The van der Waals surface area contributed by atoms with E-state index in [1.165, 1.54) is 32.4 Å². The number of piperidine rings is 1. The Morgan fingerprint density at radius 3 is 2.93 bits per heavy atom. The van der Waals surface area contributed by atoms with Crippen molar-refractivity contribution in [3.8, 4) is 0 Å². The quantitative estimate of drug-likeness (QED) is 0.727. The van der Waals surface area contributed by atoms with Crippen molar-refractivity contribution >= 4 is 0 Å². The SMILES string of the molecule is CN1CCCC(CC2(CO)CCCN2)C1. The Kier molecular flexibility index (Phi) is 3.65. The third kappa shape index (κ3) is 2.71. The van der Waals surface area contributed by atoms with Crippen molar-refractivity contribution in [2.24, 2.45) is 5.92 Å². The van der Waals surface area contributed by atoms with Gasteiger partial charge in [0.15, 0.2) is 0 Å². The first-order valence-corrected chi connectivity index (χ1v) is 6.28. The van der Waals surface area contributed by atoms with Gasteiger partial charge in [0.2, 0.25) is 0 Å². The molecule has 0 bridgehead atoms. The summed E-state index contributed by atoms with van der Waals surface area (Å²) in [5.74, 6) is 0.779. The first kappa shape index (κ1) is 11.4. The second-order valence-corrected chi connectivity index (χ2v) is 5.44. The number of hydrogen-bond donors (Lipinski definition) is 2. The molecule has 3 heteroatoms. The summed E-state index contributed by atoms with van der Waals surface area (Å²) in [7, 11) is 2.21. The minimum absolute atomic E-state index is 0.0584. The lowest BCUT2D eigenvalue weighted by Gasteiger charge is -2.36. The highest BCUT2D eigenvalue weighted by Gasteiger charge is 2.35. The molecule has 0 aromatic carbocycles. The molecule has 0 spiro atoms. The van der Waals surface area contributed by atoms with E-state index in [-0.39, 0.29) is 5.54 Å². The number of nitrogens with one attached hydrogen (secondary N) is 1. The molecule has 2 aliphatic rings. The maximum Gasteiger partial charge on any atom is 0.0613 e. The summed E-state index contributed by atoms with van der Waals surface area (Å²) in [4.78, 5) is 2.42. The zero-order valence-electron chi connectivity index (χ0n) is 9.84. The minimum Gasteiger partial charge on any atom is -0.394 e. The molecule has 88 valence electrons. The van der Waals surface area contributed by atoms with Crippen molar-refractivity contribution < 1.29 is 5.11 Å². The number of aliphatic hydroxyl groups is 1. The Labute approximate surface area is 92.8 Å². The molecule has 2 N–H and O–H groups in total. The van der Waals surface area contributed by atoms with Crippen LogP contribution in [0.5, 0.6) is 0 Å². The highest BCUT2D eigenvalue weighted by atomic mass is 16.3. The van der Waals surface area contributed by atoms with Crippen LogP contribution in [-0.2, 0) is 0 Å². The first-order chi connectivity index (χ1) is 7.24. The zero-order chi connectivity index (χ0) is 10.7. The fourth-order valence-corrected chi connectivity index (χ4v) is 3.23. The molecule has 0 aromatic heterocycles. The standard InChI is InChI=1S/C12H24N2O/c1-14-7-2-4-11(9-14)8-12(10-15)5-3-6-13-12/h11,13,15H,2-10H2,1H3. The van der Waals surface area contributed by atoms with Crippen LogP contribution in [0.2, 0.25) is 0 Å². The molecule has 0 amide bonds. The van der Waals surface area contributed by atoms with E-state index in [9.17, 15) is 5.11 Å². The van der Waals surface area contributed by atoms with Crippen LogP contribution in [0.25, 0.3) is 0 Å². The molecule has 2 aliphatic heterocycles. The number of nitrogens with zero attached hydrogens (tertiary/aromatic N) is 1. The van der Waals surface area contributed by atoms with Crippen LogP contribution >= 0.6 is 0 Å². The molecule has 2 unspecified atom stereocenters. The van der Waals surface area contributed by atoms with Crippen molar-refractivity contribution in [1.29, 1.82) is 0 Å². The average Bonchev–Trinajstić information content (AvgIpc) is 2.67. The Hall–Kier alpha value is -0.120. The summed E-state index contributed by atoms with van der Waals surface area (Å²) in [5, 5.41) is 13.1. The first-order valence-electron chi connectivity index (χ1n) is 6.28. The predicted octanol–water partition coefficient (Wildman–Crippen LogP) is 0.833. The van der Waals surface area contributed by atoms with Gasteiger partial charge in [0.05, 0.1) is 6.61 Å². The van der Waals surface area contributed by atoms with Gasteiger partial charge < -0.3 is 15.3 Å². The van der Waals surface area contributed by atoms with Gasteiger partial charge in [-0.1, -0.05) is 0 Å². The molecule has 2 heterocycles. The fourth-order valence-electron chi connectivity index (χ4n) is 3.23. The lowest BCUT2D eigenvalue weighted by atomic mass is 9.83. The molecule has 2 saturated heterocycles. The molecule has 3 nitrogen and oxygen atoms in total. The normalized spacial score (nSPS) is 38.4. The smallest absolute Gasteiger partial charge is 0.0613 e. The Bertz CT molecular complexity index is 202. The number of aliphatic hydroxyl groups excluding tert-OH is 1. The van der Waals surface area contributed by atoms with Gasteiger partial charge in [-0.2, -0.15) is 0 Å². The van der Waals surface area contributed by atoms with E-state index >= 15 is 0 Å². The largest absolute Gasteiger partial charge is 0.394 e. The second kappa shape index (κ2) is 4.81. The van der Waals surface area contributed by atoms with Crippen LogP contribution in [0.4, 0.5) is 0 Å². The van der Waals surface area contributed by atoms with E-state index in [1.54, 1.807) is 0 Å². The maximum absolute atomic E-state index is 9.54. The van der Waals surface area contributed by atoms with Crippen LogP contribution in [0.3, 0.4) is 0 Å². The van der Waals surface area contributed by atoms with E-state index in [1.807, 2.05) is 0 Å². The van der Waals surface area contributed by atoms with E-state index < -0.39 is 0 Å². The Balaban J connectivity index is 1.88. The lowest BCUT2D eigenvalue weighted by Crippen LogP contribution is -2.47. The predicted molar refractivity (Wildman–Crippen MR) is 61.9 cm³/mol. The van der Waals surface area contributed by atoms with Gasteiger partial charge in [0.25, 0.3) is 0 Å². The molecular formula is C12H24N2O. The van der Waals surface area contributed by atoms with Crippen molar-refractivity contribution in [3.63, 3.8) is 0 Å². The van der Waals surface area contributed by atoms with Crippen molar-refractivity contribution in [2.75, 3.05) is 33.3 Å². The fraction of sp³-hybridized carbons (Fsp3) is 1.00. The van der Waals surface area contributed by atoms with E-state index in [2.05, 4.69) is 17.3 Å². The van der Waals surface area contributed by atoms with Crippen LogP contribution in [0.1, 0.15) is 32.1 Å². The molecular weight excluding hydrogens is 188 g/mol. The summed E-state index contributed by atoms with van der Waals surface area (Å²) in [5.41, 5.74) is 0.0584. The minimum atomic E-state index is 0.0584. The summed E-state index contributed by atoms with van der Waals surface area (Å²) in [6.45, 7) is 3.86. The van der Waals surface area contributed by atoms with Gasteiger partial charge in [-0.3, -0.25) is 0 Å². The summed E-state index contributed by atoms with van der Waals surface area (Å²) in [6, 6.07) is 0. The Morgan fingerprint density at radius 2 is 2.33 bits per heavy atom. The molecule has 0 radical (unpaired) electrons. The highest BCUT2D eigenvalue weighted by molar-refractivity contribution is 4.95. The van der Waals surface area contributed by atoms with Crippen LogP contribution in [0.15, 0.2) is 0 Å². The topological polar surface area (TPSA) is 35.5 Å². The van der Waals surface area contributed by atoms with Gasteiger partial charge >= 0.3 is 0 Å². The van der Waals surface area contributed by atoms with Crippen LogP contribution in [-0.4, -0.2) is 48.8 Å². The molecule has 15 heavy (non-hydrogen) atoms. The van der Waals surface area contributed by atoms with Gasteiger partial charge in [0.1, 0.15) is 0 Å². The number of rotatable bonds is 3. The van der Waals surface area contributed by atoms with Gasteiger partial charge in [-0.25, -0.2) is 0 Å². The van der Waals surface area contributed by atoms with Gasteiger partial charge in [-0.05, 0) is 58.2 Å². The zero-order valence-corrected chi connectivity index (χ0v) is 9.84. The third-order valence-electron chi connectivity index (χ3n) is 4.04. The summed E-state index contributed by atoms with van der Waals surface area (Å²) < 4.78 is 0. The second-order valence-electron chi connectivity index (χ2n) is 5.44. The van der Waals surface area contributed by atoms with Gasteiger partial charge in [-0.15, -0.1) is 0 Å². The van der Waals surface area contributed by atoms with Crippen molar-refractivity contribution in [3.05, 3.63) is 0 Å². The number of hydrogen-bond acceptors (Lipinski definition) is 3.